The summed E-state index contributed by atoms with van der Waals surface area (Å²) in [7, 11) is 4.63. The van der Waals surface area contributed by atoms with Gasteiger partial charge in [0, 0.05) is 35.7 Å². The Hall–Kier alpha value is -4.39. The van der Waals surface area contributed by atoms with E-state index in [0.717, 1.165) is 16.8 Å². The van der Waals surface area contributed by atoms with Crippen molar-refractivity contribution in [3.8, 4) is 17.2 Å². The van der Waals surface area contributed by atoms with Crippen LogP contribution in [0.15, 0.2) is 89.1 Å². The van der Waals surface area contributed by atoms with Gasteiger partial charge in [0.2, 0.25) is 5.75 Å². The Bertz CT molecular complexity index is 1450. The summed E-state index contributed by atoms with van der Waals surface area (Å²) in [6.07, 6.45) is 1.54. The average molecular weight is 554 g/mol. The SMILES string of the molecule is COc1cc([C@H]2C3=C(C[C@H](c4ccccc4)CC3=O)N=C(C)C2C(=O)OCCc2ccccc2)cc(OC)c1OC. The standard InChI is InChI=1S/C34H35NO6/c1-21-30(34(37)41-16-15-22-11-7-5-8-12-22)31(25-19-28(38-2)33(40-4)29(20-25)39-3)32-26(35-21)17-24(18-27(32)36)23-13-9-6-10-14-23/h5-14,19-20,24,30-31H,15-18H2,1-4H3/t24-,30?,31+/m0/s1. The van der Waals surface area contributed by atoms with Crippen molar-refractivity contribution in [2.75, 3.05) is 27.9 Å². The van der Waals surface area contributed by atoms with Gasteiger partial charge in [-0.2, -0.15) is 0 Å². The quantitative estimate of drug-likeness (QED) is 0.299. The number of rotatable bonds is 9. The molecule has 0 saturated heterocycles. The molecule has 41 heavy (non-hydrogen) atoms. The molecule has 2 aliphatic rings. The van der Waals surface area contributed by atoms with Crippen LogP contribution in [-0.2, 0) is 20.7 Å². The number of esters is 1. The van der Waals surface area contributed by atoms with Crippen LogP contribution in [0.3, 0.4) is 0 Å². The van der Waals surface area contributed by atoms with Crippen molar-refractivity contribution in [1.29, 1.82) is 0 Å². The number of ether oxygens (including phenoxy) is 4. The van der Waals surface area contributed by atoms with E-state index in [1.165, 1.54) is 0 Å². The summed E-state index contributed by atoms with van der Waals surface area (Å²) in [5, 5.41) is 0. The van der Waals surface area contributed by atoms with Crippen LogP contribution < -0.4 is 14.2 Å². The maximum absolute atomic E-state index is 13.9. The number of aliphatic imine (C=N–C) groups is 1. The van der Waals surface area contributed by atoms with Gasteiger partial charge in [-0.1, -0.05) is 60.7 Å². The minimum absolute atomic E-state index is 0.0165. The molecule has 1 aliphatic heterocycles. The third kappa shape index (κ3) is 5.75. The number of carbonyl (C=O) groups excluding carboxylic acids is 2. The number of hydrogen-bond acceptors (Lipinski definition) is 7. The van der Waals surface area contributed by atoms with Crippen LogP contribution in [-0.4, -0.2) is 45.4 Å². The van der Waals surface area contributed by atoms with Gasteiger partial charge in [-0.3, -0.25) is 14.6 Å². The Morgan fingerprint density at radius 2 is 1.49 bits per heavy atom. The van der Waals surface area contributed by atoms with Gasteiger partial charge in [0.25, 0.3) is 0 Å². The van der Waals surface area contributed by atoms with E-state index < -0.39 is 17.8 Å². The predicted molar refractivity (Wildman–Crippen MR) is 157 cm³/mol. The zero-order valence-corrected chi connectivity index (χ0v) is 23.9. The van der Waals surface area contributed by atoms with E-state index in [9.17, 15) is 9.59 Å². The summed E-state index contributed by atoms with van der Waals surface area (Å²) in [4.78, 5) is 32.6. The predicted octanol–water partition coefficient (Wildman–Crippen LogP) is 6.07. The number of nitrogens with zero attached hydrogens (tertiary/aromatic N) is 1. The Morgan fingerprint density at radius 3 is 2.10 bits per heavy atom. The summed E-state index contributed by atoms with van der Waals surface area (Å²) < 4.78 is 22.6. The monoisotopic (exact) mass is 553 g/mol. The molecular formula is C34H35NO6. The summed E-state index contributed by atoms with van der Waals surface area (Å²) in [6.45, 7) is 2.07. The van der Waals surface area contributed by atoms with Crippen molar-refractivity contribution in [2.24, 2.45) is 10.9 Å². The molecule has 0 fully saturated rings. The number of benzene rings is 3. The molecule has 1 unspecified atom stereocenters. The Labute approximate surface area is 240 Å². The van der Waals surface area contributed by atoms with Crippen LogP contribution in [0.2, 0.25) is 0 Å². The molecule has 7 nitrogen and oxygen atoms in total. The number of carbonyl (C=O) groups is 2. The molecule has 0 bridgehead atoms. The lowest BCUT2D eigenvalue weighted by atomic mass is 9.69. The fourth-order valence-corrected chi connectivity index (χ4v) is 5.97. The van der Waals surface area contributed by atoms with Crippen LogP contribution in [0.4, 0.5) is 0 Å². The molecule has 5 rings (SSSR count). The third-order valence-corrected chi connectivity index (χ3v) is 7.94. The largest absolute Gasteiger partial charge is 0.493 e. The van der Waals surface area contributed by atoms with Crippen molar-refractivity contribution in [1.82, 2.24) is 0 Å². The van der Waals surface area contributed by atoms with Gasteiger partial charge >= 0.3 is 5.97 Å². The lowest BCUT2D eigenvalue weighted by Crippen LogP contribution is -2.38. The molecule has 0 aromatic heterocycles. The highest BCUT2D eigenvalue weighted by Crippen LogP contribution is 2.49. The molecule has 0 N–H and O–H groups in total. The van der Waals surface area contributed by atoms with Crippen LogP contribution in [0.5, 0.6) is 17.2 Å². The number of allylic oxidation sites excluding steroid dienone is 2. The summed E-state index contributed by atoms with van der Waals surface area (Å²) in [5.41, 5.74) is 4.79. The third-order valence-electron chi connectivity index (χ3n) is 7.94. The fraction of sp³-hybridized carbons (Fsp3) is 0.324. The van der Waals surface area contributed by atoms with Crippen molar-refractivity contribution >= 4 is 17.5 Å². The number of hydrogen-bond donors (Lipinski definition) is 0. The smallest absolute Gasteiger partial charge is 0.315 e. The van der Waals surface area contributed by atoms with E-state index in [-0.39, 0.29) is 18.3 Å². The first-order valence-corrected chi connectivity index (χ1v) is 13.8. The lowest BCUT2D eigenvalue weighted by molar-refractivity contribution is -0.146. The number of methoxy groups -OCH3 is 3. The first-order chi connectivity index (χ1) is 19.9. The molecule has 1 heterocycles. The van der Waals surface area contributed by atoms with E-state index in [1.54, 1.807) is 21.3 Å². The summed E-state index contributed by atoms with van der Waals surface area (Å²) in [5.74, 6) is -0.447. The molecule has 212 valence electrons. The Kier molecular flexibility index (Phi) is 8.53. The Morgan fingerprint density at radius 1 is 0.854 bits per heavy atom. The van der Waals surface area contributed by atoms with Crippen molar-refractivity contribution in [2.45, 2.75) is 38.0 Å². The first kappa shape index (κ1) is 28.1. The maximum Gasteiger partial charge on any atom is 0.315 e. The molecular weight excluding hydrogens is 518 g/mol. The van der Waals surface area contributed by atoms with Crippen molar-refractivity contribution in [3.05, 3.63) is 101 Å². The molecule has 0 saturated carbocycles. The minimum Gasteiger partial charge on any atom is -0.493 e. The normalized spacial score (nSPS) is 20.1. The highest BCUT2D eigenvalue weighted by Gasteiger charge is 2.45. The van der Waals surface area contributed by atoms with Crippen LogP contribution >= 0.6 is 0 Å². The summed E-state index contributed by atoms with van der Waals surface area (Å²) >= 11 is 0. The summed E-state index contributed by atoms with van der Waals surface area (Å²) in [6, 6.07) is 23.5. The van der Waals surface area contributed by atoms with Crippen LogP contribution in [0.1, 0.15) is 48.3 Å². The zero-order valence-electron chi connectivity index (χ0n) is 23.9. The van der Waals surface area contributed by atoms with E-state index in [0.29, 0.717) is 53.4 Å². The molecule has 3 aromatic rings. The van der Waals surface area contributed by atoms with Crippen LogP contribution in [0, 0.1) is 5.92 Å². The van der Waals surface area contributed by atoms with E-state index in [4.69, 9.17) is 23.9 Å². The second-order valence-electron chi connectivity index (χ2n) is 10.4. The van der Waals surface area contributed by atoms with Gasteiger partial charge in [-0.25, -0.2) is 0 Å². The van der Waals surface area contributed by atoms with E-state index in [2.05, 4.69) is 0 Å². The van der Waals surface area contributed by atoms with E-state index in [1.807, 2.05) is 79.7 Å². The minimum atomic E-state index is -0.774. The van der Waals surface area contributed by atoms with Crippen molar-refractivity contribution in [3.63, 3.8) is 0 Å². The Balaban J connectivity index is 1.55. The average Bonchev–Trinajstić information content (AvgIpc) is 3.00. The molecule has 0 spiro atoms. The highest BCUT2D eigenvalue weighted by molar-refractivity contribution is 6.09. The number of ketones is 1. The highest BCUT2D eigenvalue weighted by atomic mass is 16.5. The second-order valence-corrected chi connectivity index (χ2v) is 10.4. The van der Waals surface area contributed by atoms with E-state index >= 15 is 0 Å². The maximum atomic E-state index is 13.9. The fourth-order valence-electron chi connectivity index (χ4n) is 5.97. The molecule has 1 aliphatic carbocycles. The molecule has 3 atom stereocenters. The van der Waals surface area contributed by atoms with Crippen molar-refractivity contribution < 1.29 is 28.5 Å². The van der Waals surface area contributed by atoms with Gasteiger partial charge in [0.05, 0.1) is 27.9 Å². The second kappa shape index (κ2) is 12.4. The molecule has 0 radical (unpaired) electrons. The zero-order chi connectivity index (χ0) is 28.9. The van der Waals surface area contributed by atoms with Gasteiger partial charge in [0.15, 0.2) is 17.3 Å². The van der Waals surface area contributed by atoms with Gasteiger partial charge in [-0.15, -0.1) is 0 Å². The topological polar surface area (TPSA) is 83.4 Å². The number of Topliss-reactive ketones (excluding diaryl/α,β-unsaturated/α-hetero) is 1. The lowest BCUT2D eigenvalue weighted by Gasteiger charge is -2.36. The van der Waals surface area contributed by atoms with Gasteiger partial charge in [-0.05, 0) is 48.1 Å². The first-order valence-electron chi connectivity index (χ1n) is 13.8. The molecule has 0 amide bonds. The van der Waals surface area contributed by atoms with Gasteiger partial charge in [0.1, 0.15) is 5.92 Å². The van der Waals surface area contributed by atoms with Gasteiger partial charge < -0.3 is 18.9 Å². The molecule has 3 aromatic carbocycles. The molecule has 7 heteroatoms. The van der Waals surface area contributed by atoms with Crippen LogP contribution in [0.25, 0.3) is 0 Å².